The maximum Gasteiger partial charge on any atom is 0.229 e. The number of amides is 2. The van der Waals surface area contributed by atoms with Crippen LogP contribution in [0.4, 0.5) is 0 Å². The molecule has 0 saturated carbocycles. The molecule has 8 heteroatoms. The molecule has 0 atom stereocenters. The highest BCUT2D eigenvalue weighted by Gasteiger charge is 2.10. The third-order valence-corrected chi connectivity index (χ3v) is 3.65. The second kappa shape index (κ2) is 12.6. The summed E-state index contributed by atoms with van der Waals surface area (Å²) in [5.74, 6) is -0.770. The average Bonchev–Trinajstić information content (AvgIpc) is 2.64. The van der Waals surface area contributed by atoms with Gasteiger partial charge in [0.1, 0.15) is 18.8 Å². The Balaban J connectivity index is 2.34. The van der Waals surface area contributed by atoms with Crippen molar-refractivity contribution >= 4 is 23.4 Å². The van der Waals surface area contributed by atoms with Crippen LogP contribution in [0.3, 0.4) is 0 Å². The van der Waals surface area contributed by atoms with Gasteiger partial charge in [-0.15, -0.1) is 0 Å². The van der Waals surface area contributed by atoms with Crippen molar-refractivity contribution in [3.05, 3.63) is 29.3 Å². The summed E-state index contributed by atoms with van der Waals surface area (Å²) in [6, 6.07) is 4.61. The van der Waals surface area contributed by atoms with E-state index in [0.29, 0.717) is 36.6 Å². The molecule has 154 valence electrons. The molecule has 0 radical (unpaired) electrons. The standard InChI is InChI=1S/C20H28N2O6/c1-4-7-27-8-5-21-19(25)13-20(26)22-6-9-28-18-11-16(14(2)23)10-17(12-18)15(3)24/h10-12H,4-9,13H2,1-3H3,(H,21,25)(H,22,26). The van der Waals surface area contributed by atoms with Crippen molar-refractivity contribution < 1.29 is 28.7 Å². The molecule has 0 unspecified atom stereocenters. The van der Waals surface area contributed by atoms with Gasteiger partial charge in [-0.25, -0.2) is 0 Å². The molecule has 0 spiro atoms. The van der Waals surface area contributed by atoms with E-state index in [2.05, 4.69) is 10.6 Å². The summed E-state index contributed by atoms with van der Waals surface area (Å²) in [4.78, 5) is 46.5. The molecule has 0 heterocycles. The molecule has 1 aromatic rings. The largest absolute Gasteiger partial charge is 0.492 e. The summed E-state index contributed by atoms with van der Waals surface area (Å²) in [6.07, 6.45) is 0.635. The monoisotopic (exact) mass is 392 g/mol. The summed E-state index contributed by atoms with van der Waals surface area (Å²) < 4.78 is 10.7. The van der Waals surface area contributed by atoms with Crippen LogP contribution in [0.25, 0.3) is 0 Å². The number of carbonyl (C=O) groups is 4. The molecule has 2 N–H and O–H groups in total. The number of ether oxygens (including phenoxy) is 2. The Morgan fingerprint density at radius 2 is 1.36 bits per heavy atom. The molecule has 0 saturated heterocycles. The summed E-state index contributed by atoms with van der Waals surface area (Å²) in [5.41, 5.74) is 0.762. The maximum absolute atomic E-state index is 11.7. The Morgan fingerprint density at radius 3 is 1.86 bits per heavy atom. The van der Waals surface area contributed by atoms with Gasteiger partial charge in [0, 0.05) is 24.3 Å². The predicted molar refractivity (Wildman–Crippen MR) is 104 cm³/mol. The van der Waals surface area contributed by atoms with Gasteiger partial charge < -0.3 is 20.1 Å². The summed E-state index contributed by atoms with van der Waals surface area (Å²) in [6.45, 7) is 6.54. The fourth-order valence-electron chi connectivity index (χ4n) is 2.23. The van der Waals surface area contributed by atoms with Crippen LogP contribution in [0.2, 0.25) is 0 Å². The molecular weight excluding hydrogens is 364 g/mol. The van der Waals surface area contributed by atoms with E-state index in [1.807, 2.05) is 6.92 Å². The van der Waals surface area contributed by atoms with Crippen molar-refractivity contribution in [1.29, 1.82) is 0 Å². The Morgan fingerprint density at radius 1 is 0.821 bits per heavy atom. The molecule has 0 aromatic heterocycles. The first-order chi connectivity index (χ1) is 13.3. The first-order valence-electron chi connectivity index (χ1n) is 9.24. The number of hydrogen-bond donors (Lipinski definition) is 2. The molecule has 2 amide bonds. The molecular formula is C20H28N2O6. The van der Waals surface area contributed by atoms with Gasteiger partial charge in [0.15, 0.2) is 11.6 Å². The van der Waals surface area contributed by atoms with E-state index in [9.17, 15) is 19.2 Å². The highest BCUT2D eigenvalue weighted by molar-refractivity contribution is 6.00. The lowest BCUT2D eigenvalue weighted by atomic mass is 10.1. The van der Waals surface area contributed by atoms with Crippen LogP contribution in [-0.4, -0.2) is 56.3 Å². The minimum atomic E-state index is -0.419. The summed E-state index contributed by atoms with van der Waals surface area (Å²) in [5, 5.41) is 5.18. The molecule has 0 fully saturated rings. The van der Waals surface area contributed by atoms with Gasteiger partial charge in [0.25, 0.3) is 0 Å². The number of rotatable bonds is 13. The molecule has 0 aliphatic carbocycles. The smallest absolute Gasteiger partial charge is 0.229 e. The van der Waals surface area contributed by atoms with Crippen molar-refractivity contribution in [3.8, 4) is 5.75 Å². The number of Topliss-reactive ketones (excluding diaryl/α,β-unsaturated/α-hetero) is 2. The second-order valence-electron chi connectivity index (χ2n) is 6.20. The van der Waals surface area contributed by atoms with Gasteiger partial charge in [-0.3, -0.25) is 19.2 Å². The van der Waals surface area contributed by atoms with E-state index in [4.69, 9.17) is 9.47 Å². The average molecular weight is 392 g/mol. The zero-order valence-electron chi connectivity index (χ0n) is 16.6. The van der Waals surface area contributed by atoms with Crippen LogP contribution >= 0.6 is 0 Å². The van der Waals surface area contributed by atoms with E-state index in [-0.39, 0.29) is 37.0 Å². The van der Waals surface area contributed by atoms with E-state index in [1.165, 1.54) is 19.9 Å². The fourth-order valence-corrected chi connectivity index (χ4v) is 2.23. The zero-order chi connectivity index (χ0) is 20.9. The number of nitrogens with one attached hydrogen (secondary N) is 2. The number of ketones is 2. The predicted octanol–water partition coefficient (Wildman–Crippen LogP) is 1.52. The number of carbonyl (C=O) groups excluding carboxylic acids is 4. The number of benzene rings is 1. The first-order valence-corrected chi connectivity index (χ1v) is 9.24. The SMILES string of the molecule is CCCOCCNC(=O)CC(=O)NCCOc1cc(C(C)=O)cc(C(C)=O)c1. The van der Waals surface area contributed by atoms with Gasteiger partial charge >= 0.3 is 0 Å². The Kier molecular flexibility index (Phi) is 10.5. The fraction of sp³-hybridized carbons (Fsp3) is 0.500. The topological polar surface area (TPSA) is 111 Å². The van der Waals surface area contributed by atoms with Crippen molar-refractivity contribution in [2.24, 2.45) is 0 Å². The Hall–Kier alpha value is -2.74. The zero-order valence-corrected chi connectivity index (χ0v) is 16.6. The molecule has 28 heavy (non-hydrogen) atoms. The van der Waals surface area contributed by atoms with Crippen LogP contribution < -0.4 is 15.4 Å². The van der Waals surface area contributed by atoms with E-state index < -0.39 is 5.91 Å². The van der Waals surface area contributed by atoms with Crippen LogP contribution in [0, 0.1) is 0 Å². The van der Waals surface area contributed by atoms with E-state index >= 15 is 0 Å². The van der Waals surface area contributed by atoms with Crippen molar-refractivity contribution in [1.82, 2.24) is 10.6 Å². The lowest BCUT2D eigenvalue weighted by Crippen LogP contribution is -2.35. The summed E-state index contributed by atoms with van der Waals surface area (Å²) >= 11 is 0. The third-order valence-electron chi connectivity index (χ3n) is 3.65. The Labute approximate surface area is 165 Å². The summed E-state index contributed by atoms with van der Waals surface area (Å²) in [7, 11) is 0. The first kappa shape index (κ1) is 23.3. The van der Waals surface area contributed by atoms with Crippen molar-refractivity contribution in [2.75, 3.05) is 32.9 Å². The minimum absolute atomic E-state index is 0.136. The van der Waals surface area contributed by atoms with Crippen molar-refractivity contribution in [3.63, 3.8) is 0 Å². The Bertz CT molecular complexity index is 670. The molecule has 1 aromatic carbocycles. The van der Waals surface area contributed by atoms with Crippen molar-refractivity contribution in [2.45, 2.75) is 33.6 Å². The van der Waals surface area contributed by atoms with Crippen LogP contribution in [-0.2, 0) is 14.3 Å². The van der Waals surface area contributed by atoms with Crippen LogP contribution in [0.15, 0.2) is 18.2 Å². The second-order valence-corrected chi connectivity index (χ2v) is 6.20. The van der Waals surface area contributed by atoms with Gasteiger partial charge in [-0.2, -0.15) is 0 Å². The lowest BCUT2D eigenvalue weighted by Gasteiger charge is -2.10. The highest BCUT2D eigenvalue weighted by atomic mass is 16.5. The molecule has 0 aliphatic heterocycles. The lowest BCUT2D eigenvalue weighted by molar-refractivity contribution is -0.129. The van der Waals surface area contributed by atoms with Gasteiger partial charge in [-0.05, 0) is 38.5 Å². The molecule has 0 bridgehead atoms. The van der Waals surface area contributed by atoms with Crippen LogP contribution in [0.1, 0.15) is 54.3 Å². The van der Waals surface area contributed by atoms with Gasteiger partial charge in [0.2, 0.25) is 11.8 Å². The third kappa shape index (κ3) is 9.27. The normalized spacial score (nSPS) is 10.2. The highest BCUT2D eigenvalue weighted by Crippen LogP contribution is 2.18. The maximum atomic E-state index is 11.7. The number of hydrogen-bond acceptors (Lipinski definition) is 6. The van der Waals surface area contributed by atoms with Gasteiger partial charge in [-0.1, -0.05) is 6.92 Å². The quantitative estimate of drug-likeness (QED) is 0.299. The molecule has 8 nitrogen and oxygen atoms in total. The molecule has 1 rings (SSSR count). The van der Waals surface area contributed by atoms with Crippen LogP contribution in [0.5, 0.6) is 5.75 Å². The molecule has 0 aliphatic rings. The minimum Gasteiger partial charge on any atom is -0.492 e. The van der Waals surface area contributed by atoms with E-state index in [1.54, 1.807) is 12.1 Å². The van der Waals surface area contributed by atoms with E-state index in [0.717, 1.165) is 6.42 Å². The van der Waals surface area contributed by atoms with Gasteiger partial charge in [0.05, 0.1) is 13.2 Å².